The standard InChI is InChI=1S/C20H32N4O2.ClH/c1-20(2,3)21-13-15(25)14-23-9-11-24(12-10-23)18-6-4-5-17-16(18)7-8-19(26)22-17;/h4-6,15,21,25H,7-14H2,1-3H3,(H,22,26);1H. The van der Waals surface area contributed by atoms with Gasteiger partial charge in [0.1, 0.15) is 0 Å². The third-order valence-electron chi connectivity index (χ3n) is 5.08. The van der Waals surface area contributed by atoms with E-state index in [1.807, 2.05) is 12.1 Å². The van der Waals surface area contributed by atoms with Crippen LogP contribution in [0.3, 0.4) is 0 Å². The molecule has 0 spiro atoms. The van der Waals surface area contributed by atoms with Gasteiger partial charge in [0, 0.05) is 62.6 Å². The van der Waals surface area contributed by atoms with Crippen LogP contribution in [0.2, 0.25) is 0 Å². The van der Waals surface area contributed by atoms with Crippen LogP contribution >= 0.6 is 12.4 Å². The summed E-state index contributed by atoms with van der Waals surface area (Å²) in [7, 11) is 0. The van der Waals surface area contributed by atoms with E-state index in [1.54, 1.807) is 0 Å². The fourth-order valence-corrected chi connectivity index (χ4v) is 3.66. The van der Waals surface area contributed by atoms with E-state index in [1.165, 1.54) is 11.3 Å². The summed E-state index contributed by atoms with van der Waals surface area (Å²) in [6.07, 6.45) is 1.03. The van der Waals surface area contributed by atoms with Crippen molar-refractivity contribution in [1.82, 2.24) is 10.2 Å². The molecule has 0 aliphatic carbocycles. The monoisotopic (exact) mass is 396 g/mol. The molecular formula is C20H33ClN4O2. The van der Waals surface area contributed by atoms with Crippen LogP contribution in [0.15, 0.2) is 18.2 Å². The molecule has 0 bridgehead atoms. The van der Waals surface area contributed by atoms with Crippen LogP contribution < -0.4 is 15.5 Å². The van der Waals surface area contributed by atoms with Gasteiger partial charge in [-0.25, -0.2) is 0 Å². The third-order valence-corrected chi connectivity index (χ3v) is 5.08. The number of aliphatic hydroxyl groups excluding tert-OH is 1. The number of hydrogen-bond acceptors (Lipinski definition) is 5. The van der Waals surface area contributed by atoms with Crippen LogP contribution in [0, 0.1) is 0 Å². The number of hydrogen-bond donors (Lipinski definition) is 3. The second-order valence-electron chi connectivity index (χ2n) is 8.42. The predicted octanol–water partition coefficient (Wildman–Crippen LogP) is 1.86. The Balaban J connectivity index is 0.00000261. The first-order chi connectivity index (χ1) is 12.3. The zero-order valence-electron chi connectivity index (χ0n) is 16.6. The quantitative estimate of drug-likeness (QED) is 0.708. The highest BCUT2D eigenvalue weighted by atomic mass is 35.5. The maximum atomic E-state index is 11.6. The lowest BCUT2D eigenvalue weighted by atomic mass is 10.00. The zero-order valence-corrected chi connectivity index (χ0v) is 17.4. The second-order valence-corrected chi connectivity index (χ2v) is 8.42. The SMILES string of the molecule is CC(C)(C)NCC(O)CN1CCN(c2cccc3c2CCC(=O)N3)CC1.Cl. The molecule has 152 valence electrons. The van der Waals surface area contributed by atoms with Crippen molar-refractivity contribution in [2.75, 3.05) is 49.5 Å². The molecule has 1 aromatic carbocycles. The molecule has 2 aliphatic heterocycles. The van der Waals surface area contributed by atoms with Gasteiger partial charge in [0.05, 0.1) is 6.10 Å². The Morgan fingerprint density at radius 1 is 1.19 bits per heavy atom. The van der Waals surface area contributed by atoms with Crippen molar-refractivity contribution in [3.63, 3.8) is 0 Å². The number of halogens is 1. The van der Waals surface area contributed by atoms with E-state index in [-0.39, 0.29) is 30.0 Å². The Morgan fingerprint density at radius 3 is 2.56 bits per heavy atom. The van der Waals surface area contributed by atoms with Crippen LogP contribution in [-0.2, 0) is 11.2 Å². The summed E-state index contributed by atoms with van der Waals surface area (Å²) in [6.45, 7) is 11.5. The Kier molecular flexibility index (Phi) is 7.51. The van der Waals surface area contributed by atoms with E-state index in [9.17, 15) is 9.90 Å². The number of nitrogens with zero attached hydrogens (tertiary/aromatic N) is 2. The fraction of sp³-hybridized carbons (Fsp3) is 0.650. The number of benzene rings is 1. The average Bonchev–Trinajstić information content (AvgIpc) is 2.59. The second kappa shape index (κ2) is 9.24. The summed E-state index contributed by atoms with van der Waals surface area (Å²) in [5, 5.41) is 16.6. The molecule has 0 aromatic heterocycles. The van der Waals surface area contributed by atoms with Gasteiger partial charge in [0.15, 0.2) is 0 Å². The van der Waals surface area contributed by atoms with Gasteiger partial charge in [-0.1, -0.05) is 6.07 Å². The number of anilines is 2. The molecule has 2 heterocycles. The van der Waals surface area contributed by atoms with Gasteiger partial charge >= 0.3 is 0 Å². The van der Waals surface area contributed by atoms with Gasteiger partial charge in [0.2, 0.25) is 5.91 Å². The first kappa shape index (κ1) is 22.0. The van der Waals surface area contributed by atoms with Gasteiger partial charge in [-0.3, -0.25) is 9.69 Å². The Bertz CT molecular complexity index is 639. The lowest BCUT2D eigenvalue weighted by Gasteiger charge is -2.38. The van der Waals surface area contributed by atoms with Gasteiger partial charge in [-0.05, 0) is 44.9 Å². The van der Waals surface area contributed by atoms with Crippen molar-refractivity contribution < 1.29 is 9.90 Å². The van der Waals surface area contributed by atoms with E-state index >= 15 is 0 Å². The van der Waals surface area contributed by atoms with Crippen molar-refractivity contribution in [2.45, 2.75) is 45.3 Å². The molecule has 6 nitrogen and oxygen atoms in total. The first-order valence-electron chi connectivity index (χ1n) is 9.64. The predicted molar refractivity (Wildman–Crippen MR) is 113 cm³/mol. The number of aliphatic hydroxyl groups is 1. The number of rotatable bonds is 5. The first-order valence-corrected chi connectivity index (χ1v) is 9.64. The highest BCUT2D eigenvalue weighted by Crippen LogP contribution is 2.32. The van der Waals surface area contributed by atoms with Crippen LogP contribution in [-0.4, -0.2) is 66.8 Å². The number of nitrogens with one attached hydrogen (secondary N) is 2. The van der Waals surface area contributed by atoms with Gasteiger partial charge in [-0.2, -0.15) is 0 Å². The third kappa shape index (κ3) is 6.07. The molecule has 7 heteroatoms. The molecule has 1 amide bonds. The maximum Gasteiger partial charge on any atom is 0.224 e. The molecule has 1 aromatic rings. The van der Waals surface area contributed by atoms with Crippen molar-refractivity contribution in [3.05, 3.63) is 23.8 Å². The van der Waals surface area contributed by atoms with Crippen LogP contribution in [0.5, 0.6) is 0 Å². The molecule has 1 atom stereocenters. The van der Waals surface area contributed by atoms with Gasteiger partial charge in [0.25, 0.3) is 0 Å². The Hall–Kier alpha value is -1.34. The number of fused-ring (bicyclic) bond motifs is 1. The molecule has 2 aliphatic rings. The van der Waals surface area contributed by atoms with Crippen LogP contribution in [0.4, 0.5) is 11.4 Å². The van der Waals surface area contributed by atoms with Crippen LogP contribution in [0.25, 0.3) is 0 Å². The fourth-order valence-electron chi connectivity index (χ4n) is 3.66. The zero-order chi connectivity index (χ0) is 18.7. The van der Waals surface area contributed by atoms with Crippen molar-refractivity contribution in [2.24, 2.45) is 0 Å². The van der Waals surface area contributed by atoms with E-state index in [4.69, 9.17) is 0 Å². The molecule has 0 radical (unpaired) electrons. The number of amides is 1. The summed E-state index contributed by atoms with van der Waals surface area (Å²) >= 11 is 0. The van der Waals surface area contributed by atoms with E-state index in [0.29, 0.717) is 19.5 Å². The van der Waals surface area contributed by atoms with Gasteiger partial charge < -0.3 is 20.6 Å². The average molecular weight is 397 g/mol. The molecule has 0 saturated carbocycles. The molecule has 1 saturated heterocycles. The minimum atomic E-state index is -0.347. The van der Waals surface area contributed by atoms with E-state index < -0.39 is 0 Å². The number of carbonyl (C=O) groups is 1. The number of piperazine rings is 1. The molecule has 1 fully saturated rings. The number of β-amino-alcohol motifs (C(OH)–C–C–N with tert-alkyl or cyclic N) is 1. The summed E-state index contributed by atoms with van der Waals surface area (Å²) in [6, 6.07) is 6.17. The Morgan fingerprint density at radius 2 is 1.89 bits per heavy atom. The van der Waals surface area contributed by atoms with Gasteiger partial charge in [-0.15, -0.1) is 12.4 Å². The van der Waals surface area contributed by atoms with Crippen molar-refractivity contribution in [3.8, 4) is 0 Å². The summed E-state index contributed by atoms with van der Waals surface area (Å²) in [5.74, 6) is 0.109. The lowest BCUT2D eigenvalue weighted by molar-refractivity contribution is -0.116. The van der Waals surface area contributed by atoms with Crippen molar-refractivity contribution >= 4 is 29.7 Å². The number of carbonyl (C=O) groups excluding carboxylic acids is 1. The molecule has 27 heavy (non-hydrogen) atoms. The van der Waals surface area contributed by atoms with E-state index in [2.05, 4.69) is 47.3 Å². The highest BCUT2D eigenvalue weighted by molar-refractivity contribution is 5.95. The molecule has 3 rings (SSSR count). The summed E-state index contributed by atoms with van der Waals surface area (Å²) in [5.41, 5.74) is 3.50. The molecule has 1 unspecified atom stereocenters. The minimum Gasteiger partial charge on any atom is -0.390 e. The largest absolute Gasteiger partial charge is 0.390 e. The summed E-state index contributed by atoms with van der Waals surface area (Å²) in [4.78, 5) is 16.4. The topological polar surface area (TPSA) is 67.8 Å². The normalized spacial score (nSPS) is 19.1. The van der Waals surface area contributed by atoms with Crippen molar-refractivity contribution in [1.29, 1.82) is 0 Å². The Labute approximate surface area is 168 Å². The minimum absolute atomic E-state index is 0. The van der Waals surface area contributed by atoms with E-state index in [0.717, 1.165) is 38.3 Å². The smallest absolute Gasteiger partial charge is 0.224 e. The van der Waals surface area contributed by atoms with Crippen LogP contribution in [0.1, 0.15) is 32.8 Å². The molecular weight excluding hydrogens is 364 g/mol. The highest BCUT2D eigenvalue weighted by Gasteiger charge is 2.24. The molecule has 3 N–H and O–H groups in total. The maximum absolute atomic E-state index is 11.6. The lowest BCUT2D eigenvalue weighted by Crippen LogP contribution is -2.51. The summed E-state index contributed by atoms with van der Waals surface area (Å²) < 4.78 is 0.